The molecule has 0 atom stereocenters. The van der Waals surface area contributed by atoms with Gasteiger partial charge in [-0.1, -0.05) is 29.8 Å². The van der Waals surface area contributed by atoms with Gasteiger partial charge in [0.05, 0.1) is 0 Å². The summed E-state index contributed by atoms with van der Waals surface area (Å²) in [5.74, 6) is 1.32. The zero-order chi connectivity index (χ0) is 12.3. The van der Waals surface area contributed by atoms with Gasteiger partial charge in [0.2, 0.25) is 0 Å². The van der Waals surface area contributed by atoms with Crippen LogP contribution in [0.15, 0.2) is 42.5 Å². The van der Waals surface area contributed by atoms with Crippen LogP contribution in [-0.2, 0) is 0 Å². The molecule has 0 bridgehead atoms. The SMILES string of the molecule is Cc1ccc(Cl)cc1Oc1cccc(C=O)c1. The van der Waals surface area contributed by atoms with Gasteiger partial charge in [-0.05, 0) is 36.8 Å². The molecule has 17 heavy (non-hydrogen) atoms. The van der Waals surface area contributed by atoms with Gasteiger partial charge in [0.1, 0.15) is 17.8 Å². The highest BCUT2D eigenvalue weighted by Gasteiger charge is 2.03. The van der Waals surface area contributed by atoms with Crippen LogP contribution in [0.1, 0.15) is 15.9 Å². The van der Waals surface area contributed by atoms with E-state index in [-0.39, 0.29) is 0 Å². The smallest absolute Gasteiger partial charge is 0.150 e. The highest BCUT2D eigenvalue weighted by Crippen LogP contribution is 2.28. The zero-order valence-electron chi connectivity index (χ0n) is 9.31. The average molecular weight is 247 g/mol. The third kappa shape index (κ3) is 2.86. The normalized spacial score (nSPS) is 10.0. The van der Waals surface area contributed by atoms with Gasteiger partial charge < -0.3 is 4.74 Å². The summed E-state index contributed by atoms with van der Waals surface area (Å²) >= 11 is 5.91. The molecule has 3 heteroatoms. The second-order valence-electron chi connectivity index (χ2n) is 3.70. The third-order valence-electron chi connectivity index (χ3n) is 2.37. The molecule has 0 unspecified atom stereocenters. The molecule has 0 aliphatic rings. The summed E-state index contributed by atoms with van der Waals surface area (Å²) in [7, 11) is 0. The Labute approximate surface area is 105 Å². The first-order chi connectivity index (χ1) is 8.19. The molecule has 0 spiro atoms. The van der Waals surface area contributed by atoms with Gasteiger partial charge in [-0.25, -0.2) is 0 Å². The first-order valence-corrected chi connectivity index (χ1v) is 5.56. The van der Waals surface area contributed by atoms with Crippen LogP contribution in [0.5, 0.6) is 11.5 Å². The van der Waals surface area contributed by atoms with Gasteiger partial charge in [-0.2, -0.15) is 0 Å². The minimum Gasteiger partial charge on any atom is -0.457 e. The minimum atomic E-state index is 0.585. The topological polar surface area (TPSA) is 26.3 Å². The second kappa shape index (κ2) is 5.02. The monoisotopic (exact) mass is 246 g/mol. The fourth-order valence-electron chi connectivity index (χ4n) is 1.46. The molecule has 2 rings (SSSR count). The fourth-order valence-corrected chi connectivity index (χ4v) is 1.62. The lowest BCUT2D eigenvalue weighted by molar-refractivity contribution is 0.112. The van der Waals surface area contributed by atoms with Crippen molar-refractivity contribution in [1.29, 1.82) is 0 Å². The molecule has 0 fully saturated rings. The molecule has 0 aliphatic carbocycles. The molecule has 0 radical (unpaired) electrons. The molecule has 0 saturated carbocycles. The van der Waals surface area contributed by atoms with E-state index in [0.717, 1.165) is 11.8 Å². The predicted octanol–water partition coefficient (Wildman–Crippen LogP) is 4.25. The molecule has 86 valence electrons. The van der Waals surface area contributed by atoms with Gasteiger partial charge in [0.15, 0.2) is 0 Å². The molecule has 0 aliphatic heterocycles. The number of carbonyl (C=O) groups excluding carboxylic acids is 1. The molecule has 0 heterocycles. The van der Waals surface area contributed by atoms with Crippen LogP contribution >= 0.6 is 11.6 Å². The Balaban J connectivity index is 2.30. The van der Waals surface area contributed by atoms with E-state index < -0.39 is 0 Å². The number of hydrogen-bond donors (Lipinski definition) is 0. The summed E-state index contributed by atoms with van der Waals surface area (Å²) in [5, 5.41) is 0.622. The van der Waals surface area contributed by atoms with E-state index in [4.69, 9.17) is 16.3 Å². The van der Waals surface area contributed by atoms with Crippen LogP contribution in [0.25, 0.3) is 0 Å². The maximum atomic E-state index is 10.7. The molecule has 2 aromatic carbocycles. The van der Waals surface area contributed by atoms with Crippen molar-refractivity contribution in [1.82, 2.24) is 0 Å². The fraction of sp³-hybridized carbons (Fsp3) is 0.0714. The van der Waals surface area contributed by atoms with Crippen molar-refractivity contribution in [3.63, 3.8) is 0 Å². The third-order valence-corrected chi connectivity index (χ3v) is 2.61. The predicted molar refractivity (Wildman–Crippen MR) is 68.1 cm³/mol. The van der Waals surface area contributed by atoms with Crippen LogP contribution < -0.4 is 4.74 Å². The van der Waals surface area contributed by atoms with Crippen molar-refractivity contribution in [3.05, 3.63) is 58.6 Å². The summed E-state index contributed by atoms with van der Waals surface area (Å²) in [5.41, 5.74) is 1.58. The van der Waals surface area contributed by atoms with Crippen LogP contribution in [0.4, 0.5) is 0 Å². The van der Waals surface area contributed by atoms with Crippen molar-refractivity contribution in [2.24, 2.45) is 0 Å². The maximum Gasteiger partial charge on any atom is 0.150 e. The molecular formula is C14H11ClO2. The summed E-state index contributed by atoms with van der Waals surface area (Å²) in [6, 6.07) is 12.4. The number of carbonyl (C=O) groups is 1. The minimum absolute atomic E-state index is 0.585. The van der Waals surface area contributed by atoms with Crippen molar-refractivity contribution in [3.8, 4) is 11.5 Å². The highest BCUT2D eigenvalue weighted by atomic mass is 35.5. The lowest BCUT2D eigenvalue weighted by atomic mass is 10.2. The largest absolute Gasteiger partial charge is 0.457 e. The van der Waals surface area contributed by atoms with Gasteiger partial charge in [0, 0.05) is 10.6 Å². The Bertz CT molecular complexity index is 550. The van der Waals surface area contributed by atoms with Crippen LogP contribution in [0.2, 0.25) is 5.02 Å². The van der Waals surface area contributed by atoms with Crippen molar-refractivity contribution in [2.75, 3.05) is 0 Å². The molecule has 0 N–H and O–H groups in total. The maximum absolute atomic E-state index is 10.7. The highest BCUT2D eigenvalue weighted by molar-refractivity contribution is 6.30. The van der Waals surface area contributed by atoms with E-state index in [1.807, 2.05) is 19.1 Å². The van der Waals surface area contributed by atoms with E-state index in [1.165, 1.54) is 0 Å². The van der Waals surface area contributed by atoms with Gasteiger partial charge in [-0.15, -0.1) is 0 Å². The van der Waals surface area contributed by atoms with Crippen LogP contribution in [0.3, 0.4) is 0 Å². The van der Waals surface area contributed by atoms with Gasteiger partial charge in [0.25, 0.3) is 0 Å². The Hall–Kier alpha value is -1.80. The number of aldehydes is 1. The Morgan fingerprint density at radius 3 is 2.76 bits per heavy atom. The van der Waals surface area contributed by atoms with E-state index in [0.29, 0.717) is 22.1 Å². The molecular weight excluding hydrogens is 236 g/mol. The lowest BCUT2D eigenvalue weighted by Crippen LogP contribution is -1.88. The van der Waals surface area contributed by atoms with E-state index in [1.54, 1.807) is 30.3 Å². The number of benzene rings is 2. The summed E-state index contributed by atoms with van der Waals surface area (Å²) in [4.78, 5) is 10.7. The molecule has 0 aromatic heterocycles. The second-order valence-corrected chi connectivity index (χ2v) is 4.14. The summed E-state index contributed by atoms with van der Waals surface area (Å²) < 4.78 is 5.69. The number of ether oxygens (including phenoxy) is 1. The standard InChI is InChI=1S/C14H11ClO2/c1-10-5-6-12(15)8-14(10)17-13-4-2-3-11(7-13)9-16/h2-9H,1H3. The van der Waals surface area contributed by atoms with Crippen molar-refractivity contribution in [2.45, 2.75) is 6.92 Å². The van der Waals surface area contributed by atoms with E-state index >= 15 is 0 Å². The van der Waals surface area contributed by atoms with Gasteiger partial charge in [-0.3, -0.25) is 4.79 Å². The van der Waals surface area contributed by atoms with Crippen LogP contribution in [0, 0.1) is 6.92 Å². The number of aryl methyl sites for hydroxylation is 1. The molecule has 2 aromatic rings. The van der Waals surface area contributed by atoms with Crippen LogP contribution in [-0.4, -0.2) is 6.29 Å². The first-order valence-electron chi connectivity index (χ1n) is 5.18. The Morgan fingerprint density at radius 1 is 1.18 bits per heavy atom. The lowest BCUT2D eigenvalue weighted by Gasteiger charge is -2.09. The summed E-state index contributed by atoms with van der Waals surface area (Å²) in [6.07, 6.45) is 0.789. The number of rotatable bonds is 3. The average Bonchev–Trinajstić information content (AvgIpc) is 2.34. The Morgan fingerprint density at radius 2 is 2.00 bits per heavy atom. The molecule has 0 amide bonds. The zero-order valence-corrected chi connectivity index (χ0v) is 10.1. The molecule has 2 nitrogen and oxygen atoms in total. The van der Waals surface area contributed by atoms with E-state index in [2.05, 4.69) is 0 Å². The molecule has 0 saturated heterocycles. The van der Waals surface area contributed by atoms with Crippen molar-refractivity contribution < 1.29 is 9.53 Å². The first kappa shape index (κ1) is 11.7. The number of halogens is 1. The quantitative estimate of drug-likeness (QED) is 0.757. The Kier molecular flexibility index (Phi) is 3.45. The number of hydrogen-bond acceptors (Lipinski definition) is 2. The van der Waals surface area contributed by atoms with Crippen molar-refractivity contribution >= 4 is 17.9 Å². The van der Waals surface area contributed by atoms with E-state index in [9.17, 15) is 4.79 Å². The van der Waals surface area contributed by atoms with Gasteiger partial charge >= 0.3 is 0 Å². The summed E-state index contributed by atoms with van der Waals surface area (Å²) in [6.45, 7) is 1.94.